The molecule has 0 bridgehead atoms. The highest BCUT2D eigenvalue weighted by Gasteiger charge is 2.11. The number of benzene rings is 1. The molecule has 5 heteroatoms. The van der Waals surface area contributed by atoms with Crippen LogP contribution in [0.3, 0.4) is 0 Å². The summed E-state index contributed by atoms with van der Waals surface area (Å²) in [6.45, 7) is -1.44. The van der Waals surface area contributed by atoms with Gasteiger partial charge in [0.05, 0.1) is 12.6 Å². The first-order valence-electron chi connectivity index (χ1n) is 4.46. The maximum Gasteiger partial charge on any atom is 0.387 e. The van der Waals surface area contributed by atoms with Gasteiger partial charge in [-0.1, -0.05) is 12.1 Å². The Morgan fingerprint density at radius 1 is 1.47 bits per heavy atom. The summed E-state index contributed by atoms with van der Waals surface area (Å²) in [4.78, 5) is 0. The van der Waals surface area contributed by atoms with Crippen LogP contribution in [0.5, 0.6) is 5.75 Å². The molecule has 0 fully saturated rings. The maximum absolute atomic E-state index is 12.0. The monoisotopic (exact) mass is 217 g/mol. The van der Waals surface area contributed by atoms with Gasteiger partial charge < -0.3 is 15.6 Å². The van der Waals surface area contributed by atoms with Crippen molar-refractivity contribution in [3.05, 3.63) is 29.3 Å². The summed E-state index contributed by atoms with van der Waals surface area (Å²) in [5.74, 6) is 0.0893. The summed E-state index contributed by atoms with van der Waals surface area (Å²) < 4.78 is 28.3. The van der Waals surface area contributed by atoms with Crippen molar-refractivity contribution in [3.63, 3.8) is 0 Å². The third kappa shape index (κ3) is 3.14. The van der Waals surface area contributed by atoms with Crippen LogP contribution in [0.2, 0.25) is 0 Å². The van der Waals surface area contributed by atoms with E-state index in [4.69, 9.17) is 10.8 Å². The summed E-state index contributed by atoms with van der Waals surface area (Å²) in [5, 5.41) is 8.82. The molecule has 0 saturated carbocycles. The molecule has 1 atom stereocenters. The van der Waals surface area contributed by atoms with Gasteiger partial charge in [-0.15, -0.1) is 0 Å². The van der Waals surface area contributed by atoms with Crippen LogP contribution in [-0.2, 0) is 0 Å². The van der Waals surface area contributed by atoms with Crippen molar-refractivity contribution in [1.82, 2.24) is 0 Å². The third-order valence-corrected chi connectivity index (χ3v) is 2.05. The molecular weight excluding hydrogens is 204 g/mol. The Hall–Kier alpha value is -1.20. The summed E-state index contributed by atoms with van der Waals surface area (Å²) in [6, 6.07) is 4.14. The number of aryl methyl sites for hydroxylation is 1. The second-order valence-corrected chi connectivity index (χ2v) is 3.19. The molecule has 0 saturated heterocycles. The van der Waals surface area contributed by atoms with Crippen molar-refractivity contribution in [2.24, 2.45) is 5.73 Å². The van der Waals surface area contributed by atoms with Gasteiger partial charge in [-0.05, 0) is 24.1 Å². The first-order chi connectivity index (χ1) is 7.04. The smallest absolute Gasteiger partial charge is 0.387 e. The number of hydrogen-bond acceptors (Lipinski definition) is 3. The first-order valence-corrected chi connectivity index (χ1v) is 4.46. The second kappa shape index (κ2) is 5.04. The Labute approximate surface area is 86.5 Å². The Morgan fingerprint density at radius 2 is 2.13 bits per heavy atom. The molecule has 3 nitrogen and oxygen atoms in total. The number of rotatable bonds is 4. The normalized spacial score (nSPS) is 12.9. The van der Waals surface area contributed by atoms with Gasteiger partial charge in [0.1, 0.15) is 5.75 Å². The highest BCUT2D eigenvalue weighted by molar-refractivity contribution is 5.37. The van der Waals surface area contributed by atoms with E-state index < -0.39 is 12.7 Å². The average molecular weight is 217 g/mol. The Balaban J connectivity index is 2.94. The molecule has 0 aliphatic rings. The van der Waals surface area contributed by atoms with Crippen molar-refractivity contribution in [1.29, 1.82) is 0 Å². The molecule has 1 aromatic rings. The number of aliphatic hydroxyl groups excluding tert-OH is 1. The van der Waals surface area contributed by atoms with Gasteiger partial charge in [0.2, 0.25) is 0 Å². The van der Waals surface area contributed by atoms with Gasteiger partial charge in [-0.2, -0.15) is 8.78 Å². The Morgan fingerprint density at radius 3 is 2.67 bits per heavy atom. The van der Waals surface area contributed by atoms with Crippen LogP contribution in [-0.4, -0.2) is 18.3 Å². The lowest BCUT2D eigenvalue weighted by atomic mass is 10.1. The molecular formula is C10H13F2NO2. The maximum atomic E-state index is 12.0. The van der Waals surface area contributed by atoms with Crippen molar-refractivity contribution in [2.45, 2.75) is 19.6 Å². The first kappa shape index (κ1) is 11.9. The fraction of sp³-hybridized carbons (Fsp3) is 0.400. The molecule has 0 aliphatic carbocycles. The number of ether oxygens (including phenoxy) is 1. The standard InChI is InChI=1S/C10H13F2NO2/c1-6-2-3-7(8(13)5-14)4-9(6)15-10(11)12/h2-4,8,10,14H,5,13H2,1H3/t8-/m0/s1. The van der Waals surface area contributed by atoms with Crippen LogP contribution >= 0.6 is 0 Å². The number of hydrogen-bond donors (Lipinski definition) is 2. The minimum absolute atomic E-state index is 0.0893. The van der Waals surface area contributed by atoms with Crippen molar-refractivity contribution in [2.75, 3.05) is 6.61 Å². The molecule has 1 rings (SSSR count). The molecule has 0 amide bonds. The predicted molar refractivity (Wildman–Crippen MR) is 51.8 cm³/mol. The number of nitrogens with two attached hydrogens (primary N) is 1. The van der Waals surface area contributed by atoms with Crippen LogP contribution in [0.1, 0.15) is 17.2 Å². The molecule has 1 aromatic carbocycles. The van der Waals surface area contributed by atoms with Gasteiger partial charge in [0.25, 0.3) is 0 Å². The van der Waals surface area contributed by atoms with Gasteiger partial charge in [-0.25, -0.2) is 0 Å². The summed E-state index contributed by atoms with van der Waals surface area (Å²) in [5.41, 5.74) is 6.72. The molecule has 0 aromatic heterocycles. The molecule has 0 heterocycles. The van der Waals surface area contributed by atoms with Gasteiger partial charge >= 0.3 is 6.61 Å². The zero-order chi connectivity index (χ0) is 11.4. The SMILES string of the molecule is Cc1ccc([C@@H](N)CO)cc1OC(F)F. The lowest BCUT2D eigenvalue weighted by Gasteiger charge is -2.13. The van der Waals surface area contributed by atoms with E-state index >= 15 is 0 Å². The van der Waals surface area contributed by atoms with E-state index in [2.05, 4.69) is 4.74 Å². The van der Waals surface area contributed by atoms with E-state index in [1.165, 1.54) is 6.07 Å². The van der Waals surface area contributed by atoms with E-state index in [-0.39, 0.29) is 12.4 Å². The summed E-state index contributed by atoms with van der Waals surface area (Å²) in [6.07, 6.45) is 0. The molecule has 0 radical (unpaired) electrons. The van der Waals surface area contributed by atoms with E-state index in [0.717, 1.165) is 0 Å². The minimum atomic E-state index is -2.86. The number of aliphatic hydroxyl groups is 1. The van der Waals surface area contributed by atoms with Crippen LogP contribution in [0, 0.1) is 6.92 Å². The molecule has 0 aliphatic heterocycles. The van der Waals surface area contributed by atoms with E-state index in [1.54, 1.807) is 19.1 Å². The number of halogens is 2. The Bertz CT molecular complexity index is 331. The van der Waals surface area contributed by atoms with Gasteiger partial charge in [0.15, 0.2) is 0 Å². The number of alkyl halides is 2. The average Bonchev–Trinajstić information content (AvgIpc) is 2.19. The van der Waals surface area contributed by atoms with E-state index in [9.17, 15) is 8.78 Å². The highest BCUT2D eigenvalue weighted by Crippen LogP contribution is 2.23. The molecule has 0 unspecified atom stereocenters. The molecule has 84 valence electrons. The largest absolute Gasteiger partial charge is 0.435 e. The lowest BCUT2D eigenvalue weighted by molar-refractivity contribution is -0.0503. The van der Waals surface area contributed by atoms with E-state index in [0.29, 0.717) is 11.1 Å². The third-order valence-electron chi connectivity index (χ3n) is 2.05. The topological polar surface area (TPSA) is 55.5 Å². The second-order valence-electron chi connectivity index (χ2n) is 3.19. The van der Waals surface area contributed by atoms with Gasteiger partial charge in [0, 0.05) is 0 Å². The van der Waals surface area contributed by atoms with Crippen LogP contribution in [0.15, 0.2) is 18.2 Å². The summed E-state index contributed by atoms with van der Waals surface area (Å²) >= 11 is 0. The quantitative estimate of drug-likeness (QED) is 0.805. The van der Waals surface area contributed by atoms with Crippen molar-refractivity contribution >= 4 is 0 Å². The van der Waals surface area contributed by atoms with Crippen molar-refractivity contribution in [3.8, 4) is 5.75 Å². The molecule has 3 N–H and O–H groups in total. The zero-order valence-electron chi connectivity index (χ0n) is 8.28. The molecule has 15 heavy (non-hydrogen) atoms. The fourth-order valence-corrected chi connectivity index (χ4v) is 1.18. The van der Waals surface area contributed by atoms with Crippen LogP contribution < -0.4 is 10.5 Å². The highest BCUT2D eigenvalue weighted by atomic mass is 19.3. The minimum Gasteiger partial charge on any atom is -0.435 e. The fourth-order valence-electron chi connectivity index (χ4n) is 1.18. The van der Waals surface area contributed by atoms with Crippen molar-refractivity contribution < 1.29 is 18.6 Å². The lowest BCUT2D eigenvalue weighted by Crippen LogP contribution is -2.15. The zero-order valence-corrected chi connectivity index (χ0v) is 8.28. The van der Waals surface area contributed by atoms with Crippen LogP contribution in [0.25, 0.3) is 0 Å². The predicted octanol–water partition coefficient (Wildman–Crippen LogP) is 1.59. The van der Waals surface area contributed by atoms with Crippen LogP contribution in [0.4, 0.5) is 8.78 Å². The summed E-state index contributed by atoms with van der Waals surface area (Å²) in [7, 11) is 0. The molecule has 0 spiro atoms. The Kier molecular flexibility index (Phi) is 3.99. The van der Waals surface area contributed by atoms with E-state index in [1.807, 2.05) is 0 Å². The van der Waals surface area contributed by atoms with Gasteiger partial charge in [-0.3, -0.25) is 0 Å².